The molecule has 0 rings (SSSR count). The van der Waals surface area contributed by atoms with Crippen molar-refractivity contribution in [3.05, 3.63) is 16.0 Å². The Morgan fingerprint density at radius 2 is 0.706 bits per heavy atom. The Morgan fingerprint density at radius 3 is 0.853 bits per heavy atom. The van der Waals surface area contributed by atoms with Crippen LogP contribution in [0.3, 0.4) is 0 Å². The minimum Gasteiger partial charge on any atom is -0.653 e. The first kappa shape index (κ1) is 39.1. The van der Waals surface area contributed by atoms with Gasteiger partial charge in [-0.3, -0.25) is 14.4 Å². The molecule has 0 saturated carbocycles. The molecule has 0 spiro atoms. The van der Waals surface area contributed by atoms with Crippen molar-refractivity contribution < 1.29 is 61.2 Å². The molecular formula is C21H36FeN3O9. The molecule has 0 aliphatic rings. The van der Waals surface area contributed by atoms with Crippen molar-refractivity contribution >= 4 is 35.1 Å². The van der Waals surface area contributed by atoms with Gasteiger partial charge in [-0.25, -0.2) is 0 Å². The molecule has 3 amide bonds. The predicted molar refractivity (Wildman–Crippen MR) is 121 cm³/mol. The Hall–Kier alpha value is -2.18. The molecule has 13 heteroatoms. The first-order chi connectivity index (χ1) is 15.5. The number of carbonyl (C=O) groups excluding carboxylic acids is 6. The van der Waals surface area contributed by atoms with Gasteiger partial charge in [0.2, 0.25) is 0 Å². The van der Waals surface area contributed by atoms with Crippen molar-refractivity contribution in [2.45, 2.75) is 59.3 Å². The van der Waals surface area contributed by atoms with Crippen molar-refractivity contribution in [3.63, 3.8) is 0 Å². The normalized spacial score (nSPS) is 9.00. The van der Waals surface area contributed by atoms with E-state index in [-0.39, 0.29) is 73.5 Å². The standard InChI is InChI=1S/3C7H13NO3.Fe/c3*1-6(10)5-7(11)8-3-2-4-9;/h3*9H,2-5H2,1H3,(H,8,11);/q;;;+3/p-3. The van der Waals surface area contributed by atoms with Gasteiger partial charge in [0.25, 0.3) is 0 Å². The SMILES string of the molecule is CC(=O)CC(=O)[N-]CCCO.CC(=O)CC(=O)[N-]CCCO.CC(=O)CC(=O)[N-]CCCO.[Fe+3]. The third-order valence-corrected chi connectivity index (χ3v) is 3.01. The Kier molecular flexibility index (Phi) is 33.1. The average Bonchev–Trinajstić information content (AvgIpc) is 2.68. The average molecular weight is 530 g/mol. The minimum absolute atomic E-state index is 0. The van der Waals surface area contributed by atoms with Gasteiger partial charge in [-0.15, -0.1) is 19.6 Å². The van der Waals surface area contributed by atoms with Crippen LogP contribution in [0.5, 0.6) is 0 Å². The third-order valence-electron chi connectivity index (χ3n) is 3.01. The number of carbonyl (C=O) groups is 6. The molecule has 0 aromatic carbocycles. The second-order valence-corrected chi connectivity index (χ2v) is 6.69. The largest absolute Gasteiger partial charge is 3.00 e. The van der Waals surface area contributed by atoms with E-state index in [1.807, 2.05) is 0 Å². The van der Waals surface area contributed by atoms with E-state index in [1.165, 1.54) is 20.8 Å². The summed E-state index contributed by atoms with van der Waals surface area (Å²) in [5, 5.41) is 35.6. The summed E-state index contributed by atoms with van der Waals surface area (Å²) in [5.74, 6) is -1.73. The van der Waals surface area contributed by atoms with Crippen molar-refractivity contribution in [1.29, 1.82) is 0 Å². The molecule has 34 heavy (non-hydrogen) atoms. The minimum atomic E-state index is -0.397. The quantitative estimate of drug-likeness (QED) is 0.155. The van der Waals surface area contributed by atoms with E-state index in [0.717, 1.165) is 0 Å². The molecule has 3 N–H and O–H groups in total. The fourth-order valence-corrected chi connectivity index (χ4v) is 1.63. The van der Waals surface area contributed by atoms with Crippen LogP contribution in [-0.2, 0) is 45.8 Å². The van der Waals surface area contributed by atoms with Crippen LogP contribution in [0.2, 0.25) is 0 Å². The van der Waals surface area contributed by atoms with Crippen LogP contribution < -0.4 is 0 Å². The zero-order valence-corrected chi connectivity index (χ0v) is 21.1. The molecule has 0 aliphatic carbocycles. The van der Waals surface area contributed by atoms with E-state index in [4.69, 9.17) is 15.3 Å². The van der Waals surface area contributed by atoms with E-state index < -0.39 is 17.7 Å². The van der Waals surface area contributed by atoms with Crippen LogP contribution in [0.4, 0.5) is 0 Å². The molecule has 0 saturated heterocycles. The predicted octanol–water partition coefficient (Wildman–Crippen LogP) is 0.742. The number of aliphatic hydroxyl groups is 3. The second kappa shape index (κ2) is 28.9. The zero-order chi connectivity index (χ0) is 26.1. The van der Waals surface area contributed by atoms with Crippen molar-refractivity contribution in [1.82, 2.24) is 0 Å². The van der Waals surface area contributed by atoms with Gasteiger partial charge in [0.05, 0.1) is 17.7 Å². The molecule has 0 fully saturated rings. The fourth-order valence-electron chi connectivity index (χ4n) is 1.63. The van der Waals surface area contributed by atoms with E-state index in [2.05, 4.69) is 16.0 Å². The first-order valence-corrected chi connectivity index (χ1v) is 10.4. The maximum atomic E-state index is 10.7. The van der Waals surface area contributed by atoms with Crippen molar-refractivity contribution in [2.24, 2.45) is 0 Å². The molecule has 0 bridgehead atoms. The van der Waals surface area contributed by atoms with Gasteiger partial charge < -0.3 is 45.7 Å². The van der Waals surface area contributed by atoms with Crippen molar-refractivity contribution in [2.75, 3.05) is 39.5 Å². The Bertz CT molecular complexity index is 521. The first-order valence-electron chi connectivity index (χ1n) is 10.4. The number of rotatable bonds is 15. The summed E-state index contributed by atoms with van der Waals surface area (Å²) < 4.78 is 0. The maximum Gasteiger partial charge on any atom is 3.00 e. The summed E-state index contributed by atoms with van der Waals surface area (Å²) in [6.45, 7) is 5.04. The van der Waals surface area contributed by atoms with Crippen LogP contribution in [0, 0.1) is 0 Å². The topological polar surface area (TPSA) is 205 Å². The molecule has 0 aliphatic heterocycles. The number of amides is 3. The smallest absolute Gasteiger partial charge is 0.653 e. The van der Waals surface area contributed by atoms with Crippen LogP contribution >= 0.6 is 0 Å². The van der Waals surface area contributed by atoms with Gasteiger partial charge in [-0.05, 0) is 40.0 Å². The molecule has 0 heterocycles. The number of nitrogens with zero attached hydrogens (tertiary/aromatic N) is 3. The zero-order valence-electron chi connectivity index (χ0n) is 20.0. The number of aliphatic hydroxyl groups excluding tert-OH is 3. The summed E-state index contributed by atoms with van der Waals surface area (Å²) >= 11 is 0. The number of Topliss-reactive ketones (excluding diaryl/α,β-unsaturated/α-hetero) is 3. The summed E-state index contributed by atoms with van der Waals surface area (Å²) in [6, 6.07) is 0. The van der Waals surface area contributed by atoms with Crippen LogP contribution in [0.25, 0.3) is 16.0 Å². The van der Waals surface area contributed by atoms with Gasteiger partial charge in [0.1, 0.15) is 17.3 Å². The summed E-state index contributed by atoms with van der Waals surface area (Å²) in [6.07, 6.45) is 1.07. The Balaban J connectivity index is -0.000000196. The molecule has 0 aromatic heterocycles. The van der Waals surface area contributed by atoms with E-state index in [9.17, 15) is 28.8 Å². The van der Waals surface area contributed by atoms with E-state index >= 15 is 0 Å². The Labute approximate surface area is 211 Å². The van der Waals surface area contributed by atoms with Crippen LogP contribution in [0.1, 0.15) is 59.3 Å². The maximum absolute atomic E-state index is 10.7. The van der Waals surface area contributed by atoms with Gasteiger partial charge in [-0.2, -0.15) is 0 Å². The second-order valence-electron chi connectivity index (χ2n) is 6.69. The summed E-state index contributed by atoms with van der Waals surface area (Å²) in [4.78, 5) is 63.0. The Morgan fingerprint density at radius 1 is 0.500 bits per heavy atom. The third kappa shape index (κ3) is 40.2. The van der Waals surface area contributed by atoms with Crippen LogP contribution in [-0.4, -0.2) is 89.8 Å². The fraction of sp³-hybridized carbons (Fsp3) is 0.714. The van der Waals surface area contributed by atoms with E-state index in [1.54, 1.807) is 0 Å². The number of hydrogen-bond acceptors (Lipinski definition) is 9. The van der Waals surface area contributed by atoms with E-state index in [0.29, 0.717) is 38.9 Å². The number of ketones is 3. The molecular weight excluding hydrogens is 494 g/mol. The molecule has 0 unspecified atom stereocenters. The van der Waals surface area contributed by atoms with Gasteiger partial charge in [0, 0.05) is 39.1 Å². The number of hydrogen-bond donors (Lipinski definition) is 3. The molecule has 1 radical (unpaired) electrons. The monoisotopic (exact) mass is 530 g/mol. The molecule has 197 valence electrons. The molecule has 0 aromatic rings. The van der Waals surface area contributed by atoms with Gasteiger partial charge in [0.15, 0.2) is 0 Å². The summed E-state index contributed by atoms with van der Waals surface area (Å²) in [5.41, 5.74) is 0. The molecule has 12 nitrogen and oxygen atoms in total. The van der Waals surface area contributed by atoms with Crippen molar-refractivity contribution in [3.8, 4) is 0 Å². The van der Waals surface area contributed by atoms with Gasteiger partial charge in [-0.1, -0.05) is 0 Å². The summed E-state index contributed by atoms with van der Waals surface area (Å²) in [7, 11) is 0. The van der Waals surface area contributed by atoms with Gasteiger partial charge >= 0.3 is 17.1 Å². The van der Waals surface area contributed by atoms with Crippen LogP contribution in [0.15, 0.2) is 0 Å². The molecule has 0 atom stereocenters.